The molecule has 0 radical (unpaired) electrons. The zero-order valence-corrected chi connectivity index (χ0v) is 26.6. The molecule has 0 saturated heterocycles. The minimum atomic E-state index is -5.03. The average molecular weight is 649 g/mol. The number of alkyl halides is 6. The molecule has 0 saturated carbocycles. The molecular formula is C29H31F6N6NaO3. The van der Waals surface area contributed by atoms with E-state index in [0.29, 0.717) is 12.1 Å². The molecule has 0 amide bonds. The number of benzene rings is 3. The molecule has 3 aromatic rings. The molecule has 0 bridgehead atoms. The molecule has 0 aromatic heterocycles. The van der Waals surface area contributed by atoms with Gasteiger partial charge in [-0.1, -0.05) is 60.7 Å². The summed E-state index contributed by atoms with van der Waals surface area (Å²) in [4.78, 5) is 35.4. The fourth-order valence-electron chi connectivity index (χ4n) is 4.80. The number of nitrogens with zero attached hydrogens (tertiary/aromatic N) is 6. The van der Waals surface area contributed by atoms with E-state index in [2.05, 4.69) is 15.9 Å². The second kappa shape index (κ2) is 17.2. The predicted molar refractivity (Wildman–Crippen MR) is 153 cm³/mol. The molecule has 3 rings (SSSR count). The van der Waals surface area contributed by atoms with Gasteiger partial charge in [0.1, 0.15) is 0 Å². The van der Waals surface area contributed by atoms with Crippen LogP contribution in [0, 0.1) is 14.7 Å². The van der Waals surface area contributed by atoms with Crippen LogP contribution in [0.5, 0.6) is 0 Å². The van der Waals surface area contributed by atoms with Crippen LogP contribution < -0.4 is 29.6 Å². The van der Waals surface area contributed by atoms with E-state index in [1.54, 1.807) is 48.5 Å². The van der Waals surface area contributed by atoms with Gasteiger partial charge in [0.05, 0.1) is 52.2 Å². The van der Waals surface area contributed by atoms with Crippen LogP contribution in [0.25, 0.3) is 0 Å². The Kier molecular flexibility index (Phi) is 14.4. The summed E-state index contributed by atoms with van der Waals surface area (Å²) in [6.07, 6.45) is -10.0. The van der Waals surface area contributed by atoms with E-state index in [-0.39, 0.29) is 81.5 Å². The first-order chi connectivity index (χ1) is 20.8. The van der Waals surface area contributed by atoms with Gasteiger partial charge >= 0.3 is 41.9 Å². The van der Waals surface area contributed by atoms with Crippen molar-refractivity contribution in [3.05, 3.63) is 121 Å². The molecule has 0 aliphatic heterocycles. The van der Waals surface area contributed by atoms with Crippen molar-refractivity contribution in [1.29, 1.82) is 0 Å². The normalized spacial score (nSPS) is 12.8. The van der Waals surface area contributed by atoms with Gasteiger partial charge in [-0.3, -0.25) is 15.0 Å². The maximum absolute atomic E-state index is 13.4. The number of nitroso groups, excluding NO2 is 3. The van der Waals surface area contributed by atoms with E-state index < -0.39 is 35.6 Å². The molecule has 16 heteroatoms. The fraction of sp³-hybridized carbons (Fsp3) is 0.379. The Morgan fingerprint density at radius 3 is 1.49 bits per heavy atom. The minimum Gasteiger partial charge on any atom is -1.00 e. The number of halogens is 6. The van der Waals surface area contributed by atoms with Crippen molar-refractivity contribution in [2.45, 2.75) is 43.7 Å². The molecule has 0 N–H and O–H groups in total. The van der Waals surface area contributed by atoms with Gasteiger partial charge in [-0.15, -0.1) is 14.7 Å². The minimum absolute atomic E-state index is 0. The van der Waals surface area contributed by atoms with Crippen LogP contribution in [-0.2, 0) is 31.6 Å². The van der Waals surface area contributed by atoms with Crippen LogP contribution in [-0.4, -0.2) is 53.8 Å². The molecule has 0 spiro atoms. The van der Waals surface area contributed by atoms with Crippen molar-refractivity contribution in [3.8, 4) is 0 Å². The summed E-state index contributed by atoms with van der Waals surface area (Å²) in [6.45, 7) is -0.572. The summed E-state index contributed by atoms with van der Waals surface area (Å²) >= 11 is 0. The zero-order chi connectivity index (χ0) is 32.3. The topological polar surface area (TPSA) is 98.0 Å². The second-order valence-electron chi connectivity index (χ2n) is 10.2. The van der Waals surface area contributed by atoms with E-state index >= 15 is 0 Å². The third kappa shape index (κ3) is 11.7. The predicted octanol–water partition coefficient (Wildman–Crippen LogP) is 4.19. The van der Waals surface area contributed by atoms with Gasteiger partial charge in [-0.25, -0.2) is 0 Å². The standard InChI is InChI=1S/C29H30F6N6O3.Na.H/c1-39(36-42)19-26(16-21-8-4-2-5-9-21)41(38-44)20-27(17-22-10-6-3-7-11-22)40(37-43)13-12-23-14-24(28(30,31)32)18-25(15-23)29(33,34)35;;/h2-11,14-15,18,26-27H,12-13,16-17,19-20H2,1H3;;/q;+1;-1/t26-,27-;;/m0../s1. The van der Waals surface area contributed by atoms with E-state index in [9.17, 15) is 41.1 Å². The van der Waals surface area contributed by atoms with E-state index in [0.717, 1.165) is 26.2 Å². The number of hydrogen-bond donors (Lipinski definition) is 0. The van der Waals surface area contributed by atoms with Gasteiger partial charge in [0.15, 0.2) is 0 Å². The smallest absolute Gasteiger partial charge is 1.00 e. The Morgan fingerprint density at radius 2 is 1.09 bits per heavy atom. The third-order valence-corrected chi connectivity index (χ3v) is 6.97. The summed E-state index contributed by atoms with van der Waals surface area (Å²) in [7, 11) is 1.42. The monoisotopic (exact) mass is 648 g/mol. The van der Waals surface area contributed by atoms with Crippen molar-refractivity contribution in [1.82, 2.24) is 15.0 Å². The third-order valence-electron chi connectivity index (χ3n) is 6.97. The van der Waals surface area contributed by atoms with Gasteiger partial charge in [-0.05, 0) is 54.2 Å². The number of hydrogen-bond acceptors (Lipinski definition) is 6. The van der Waals surface area contributed by atoms with Crippen molar-refractivity contribution in [2.75, 3.05) is 26.7 Å². The van der Waals surface area contributed by atoms with Gasteiger partial charge < -0.3 is 1.43 Å². The Hall–Kier alpha value is -3.56. The van der Waals surface area contributed by atoms with Crippen molar-refractivity contribution in [3.63, 3.8) is 0 Å². The molecule has 0 heterocycles. The largest absolute Gasteiger partial charge is 1.00 e. The van der Waals surface area contributed by atoms with Gasteiger partial charge in [0, 0.05) is 13.6 Å². The van der Waals surface area contributed by atoms with E-state index in [4.69, 9.17) is 0 Å². The molecule has 9 nitrogen and oxygen atoms in total. The molecule has 45 heavy (non-hydrogen) atoms. The molecule has 238 valence electrons. The SMILES string of the molecule is CN(C[C@H](Cc1ccccc1)N(C[C@H](Cc1ccccc1)N(CCc1cc(C(F)(F)F)cc(C(F)(F)F)c1)N=O)N=O)N=O.[H-].[Na+]. The van der Waals surface area contributed by atoms with Gasteiger partial charge in [0.25, 0.3) is 0 Å². The Bertz CT molecular complexity index is 1340. The van der Waals surface area contributed by atoms with Crippen LogP contribution in [0.2, 0.25) is 0 Å². The molecule has 0 aliphatic rings. The number of likely N-dealkylation sites (N-methyl/N-ethyl adjacent to an activating group) is 1. The molecule has 0 unspecified atom stereocenters. The van der Waals surface area contributed by atoms with Crippen LogP contribution in [0.3, 0.4) is 0 Å². The molecule has 2 atom stereocenters. The summed E-state index contributed by atoms with van der Waals surface area (Å²) < 4.78 is 80.3. The van der Waals surface area contributed by atoms with Crippen molar-refractivity contribution in [2.24, 2.45) is 15.9 Å². The quantitative estimate of drug-likeness (QED) is 0.100. The zero-order valence-electron chi connectivity index (χ0n) is 25.6. The maximum atomic E-state index is 13.4. The Labute approximate surface area is 279 Å². The maximum Gasteiger partial charge on any atom is 1.00 e. The summed E-state index contributed by atoms with van der Waals surface area (Å²) in [5.74, 6) is 0. The first-order valence-corrected chi connectivity index (χ1v) is 13.4. The summed E-state index contributed by atoms with van der Waals surface area (Å²) in [5.41, 5.74) is -1.70. The van der Waals surface area contributed by atoms with Gasteiger partial charge in [0.2, 0.25) is 0 Å². The van der Waals surface area contributed by atoms with E-state index in [1.165, 1.54) is 7.05 Å². The molecule has 0 aliphatic carbocycles. The van der Waals surface area contributed by atoms with Crippen molar-refractivity contribution >= 4 is 0 Å². The number of rotatable bonds is 16. The second-order valence-corrected chi connectivity index (χ2v) is 10.2. The van der Waals surface area contributed by atoms with Crippen LogP contribution in [0.1, 0.15) is 29.2 Å². The first-order valence-electron chi connectivity index (χ1n) is 13.4. The summed E-state index contributed by atoms with van der Waals surface area (Å²) in [6, 6.07) is 17.4. The fourth-order valence-corrected chi connectivity index (χ4v) is 4.80. The molecular weight excluding hydrogens is 617 g/mol. The van der Waals surface area contributed by atoms with Gasteiger partial charge in [-0.2, -0.15) is 26.3 Å². The first kappa shape index (κ1) is 37.6. The van der Waals surface area contributed by atoms with Crippen molar-refractivity contribution < 1.29 is 57.3 Å². The van der Waals surface area contributed by atoms with E-state index in [1.807, 2.05) is 12.1 Å². The molecule has 3 aromatic carbocycles. The van der Waals surface area contributed by atoms with Crippen LogP contribution in [0.4, 0.5) is 26.3 Å². The average Bonchev–Trinajstić information content (AvgIpc) is 2.99. The molecule has 0 fully saturated rings. The van der Waals surface area contributed by atoms with Crippen LogP contribution >= 0.6 is 0 Å². The van der Waals surface area contributed by atoms with Crippen LogP contribution in [0.15, 0.2) is 94.7 Å². The Morgan fingerprint density at radius 1 is 0.644 bits per heavy atom. The summed E-state index contributed by atoms with van der Waals surface area (Å²) in [5, 5.41) is 12.3. The Balaban J connectivity index is 0.00000529.